The van der Waals surface area contributed by atoms with Crippen molar-refractivity contribution in [3.05, 3.63) is 23.0 Å². The molecular formula is C9H11F2NO2. The van der Waals surface area contributed by atoms with Crippen LogP contribution in [-0.4, -0.2) is 17.2 Å². The average molecular weight is 203 g/mol. The molecule has 0 bridgehead atoms. The van der Waals surface area contributed by atoms with Crippen molar-refractivity contribution >= 4 is 0 Å². The van der Waals surface area contributed by atoms with E-state index in [0.717, 1.165) is 0 Å². The molecule has 0 aromatic carbocycles. The van der Waals surface area contributed by atoms with Crippen LogP contribution < -0.4 is 4.74 Å². The summed E-state index contributed by atoms with van der Waals surface area (Å²) in [6.07, 6.45) is -2.70. The lowest BCUT2D eigenvalue weighted by Crippen LogP contribution is -2.02. The van der Waals surface area contributed by atoms with Gasteiger partial charge in [0.1, 0.15) is 5.69 Å². The van der Waals surface area contributed by atoms with Crippen molar-refractivity contribution in [3.63, 3.8) is 0 Å². The number of ether oxygens (including phenoxy) is 1. The molecule has 14 heavy (non-hydrogen) atoms. The highest BCUT2D eigenvalue weighted by molar-refractivity contribution is 5.39. The van der Waals surface area contributed by atoms with E-state index in [9.17, 15) is 8.78 Å². The minimum Gasteiger partial charge on any atom is -0.494 e. The number of alkyl halides is 2. The molecule has 5 heteroatoms. The molecule has 0 aliphatic carbocycles. The molecule has 0 aliphatic heterocycles. The maximum atomic E-state index is 12.5. The van der Waals surface area contributed by atoms with E-state index in [1.165, 1.54) is 13.2 Å². The van der Waals surface area contributed by atoms with Gasteiger partial charge >= 0.3 is 0 Å². The maximum Gasteiger partial charge on any atom is 0.284 e. The number of nitrogens with zero attached hydrogens (tertiary/aromatic N) is 1. The number of pyridine rings is 1. The summed E-state index contributed by atoms with van der Waals surface area (Å²) in [7, 11) is 1.28. The zero-order valence-electron chi connectivity index (χ0n) is 7.92. The number of aliphatic hydroxyl groups is 1. The van der Waals surface area contributed by atoms with E-state index in [1.54, 1.807) is 6.92 Å². The first-order valence-corrected chi connectivity index (χ1v) is 4.03. The van der Waals surface area contributed by atoms with Crippen molar-refractivity contribution < 1.29 is 18.6 Å². The molecule has 0 saturated carbocycles. The number of hydrogen-bond acceptors (Lipinski definition) is 3. The highest BCUT2D eigenvalue weighted by Crippen LogP contribution is 2.30. The van der Waals surface area contributed by atoms with Gasteiger partial charge in [-0.2, -0.15) is 0 Å². The largest absolute Gasteiger partial charge is 0.494 e. The van der Waals surface area contributed by atoms with Crippen LogP contribution >= 0.6 is 0 Å². The van der Waals surface area contributed by atoms with Crippen molar-refractivity contribution in [1.29, 1.82) is 0 Å². The number of aliphatic hydroxyl groups excluding tert-OH is 1. The molecule has 0 atom stereocenters. The summed E-state index contributed by atoms with van der Waals surface area (Å²) in [4.78, 5) is 3.67. The number of halogens is 2. The van der Waals surface area contributed by atoms with Gasteiger partial charge in [-0.1, -0.05) is 0 Å². The van der Waals surface area contributed by atoms with Gasteiger partial charge in [-0.15, -0.1) is 0 Å². The predicted octanol–water partition coefficient (Wildman–Crippen LogP) is 1.83. The lowest BCUT2D eigenvalue weighted by molar-refractivity contribution is 0.140. The summed E-state index contributed by atoms with van der Waals surface area (Å²) >= 11 is 0. The molecule has 78 valence electrons. The highest BCUT2D eigenvalue weighted by atomic mass is 19.3. The molecule has 0 unspecified atom stereocenters. The van der Waals surface area contributed by atoms with E-state index in [0.29, 0.717) is 11.3 Å². The molecule has 0 saturated heterocycles. The van der Waals surface area contributed by atoms with Crippen molar-refractivity contribution in [3.8, 4) is 5.75 Å². The Labute approximate surface area is 80.3 Å². The Hall–Kier alpha value is -1.23. The quantitative estimate of drug-likeness (QED) is 0.814. The second-order valence-electron chi connectivity index (χ2n) is 2.80. The zero-order chi connectivity index (χ0) is 10.7. The Morgan fingerprint density at radius 1 is 1.57 bits per heavy atom. The third-order valence-electron chi connectivity index (χ3n) is 1.79. The fourth-order valence-electron chi connectivity index (χ4n) is 1.26. The SMILES string of the molecule is COc1c(CO)cc(C)nc1C(F)F. The zero-order valence-corrected chi connectivity index (χ0v) is 7.92. The lowest BCUT2D eigenvalue weighted by Gasteiger charge is -2.11. The van der Waals surface area contributed by atoms with Gasteiger partial charge in [-0.3, -0.25) is 0 Å². The number of rotatable bonds is 3. The summed E-state index contributed by atoms with van der Waals surface area (Å²) in [5, 5.41) is 8.93. The second kappa shape index (κ2) is 4.32. The highest BCUT2D eigenvalue weighted by Gasteiger charge is 2.19. The van der Waals surface area contributed by atoms with Gasteiger partial charge in [0.05, 0.1) is 13.7 Å². The molecule has 0 fully saturated rings. The molecule has 1 aromatic rings. The predicted molar refractivity (Wildman–Crippen MR) is 46.4 cm³/mol. The van der Waals surface area contributed by atoms with Crippen LogP contribution in [-0.2, 0) is 6.61 Å². The van der Waals surface area contributed by atoms with E-state index in [2.05, 4.69) is 4.98 Å². The summed E-state index contributed by atoms with van der Waals surface area (Å²) in [6.45, 7) is 1.25. The second-order valence-corrected chi connectivity index (χ2v) is 2.80. The Bertz CT molecular complexity index is 329. The van der Waals surface area contributed by atoms with Crippen molar-refractivity contribution in [2.24, 2.45) is 0 Å². The minimum absolute atomic E-state index is 0.0342. The Morgan fingerprint density at radius 2 is 2.21 bits per heavy atom. The Balaban J connectivity index is 3.31. The molecule has 0 aliphatic rings. The molecular weight excluding hydrogens is 192 g/mol. The third kappa shape index (κ3) is 1.98. The Morgan fingerprint density at radius 3 is 2.64 bits per heavy atom. The van der Waals surface area contributed by atoms with Gasteiger partial charge in [0, 0.05) is 11.3 Å². The number of hydrogen-bond donors (Lipinski definition) is 1. The normalized spacial score (nSPS) is 10.7. The van der Waals surface area contributed by atoms with Gasteiger partial charge in [-0.05, 0) is 13.0 Å². The van der Waals surface area contributed by atoms with Gasteiger partial charge in [0.25, 0.3) is 6.43 Å². The fourth-order valence-corrected chi connectivity index (χ4v) is 1.26. The van der Waals surface area contributed by atoms with Crippen LogP contribution in [0.4, 0.5) is 8.78 Å². The van der Waals surface area contributed by atoms with E-state index in [4.69, 9.17) is 9.84 Å². The summed E-state index contributed by atoms with van der Waals surface area (Å²) in [5.41, 5.74) is 0.344. The molecule has 0 radical (unpaired) electrons. The van der Waals surface area contributed by atoms with Crippen LogP contribution in [0.25, 0.3) is 0 Å². The van der Waals surface area contributed by atoms with Gasteiger partial charge in [0.2, 0.25) is 0 Å². The van der Waals surface area contributed by atoms with Gasteiger partial charge < -0.3 is 9.84 Å². The molecule has 1 aromatic heterocycles. The van der Waals surface area contributed by atoms with Crippen molar-refractivity contribution in [2.75, 3.05) is 7.11 Å². The number of aromatic nitrogens is 1. The molecule has 1 N–H and O–H groups in total. The standard InChI is InChI=1S/C9H11F2NO2/c1-5-3-6(4-13)8(14-2)7(12-5)9(10)11/h3,9,13H,4H2,1-2H3. The first-order chi connectivity index (χ1) is 6.60. The van der Waals surface area contributed by atoms with Crippen LogP contribution in [0.5, 0.6) is 5.75 Å². The molecule has 1 rings (SSSR count). The summed E-state index contributed by atoms with van der Waals surface area (Å²) in [5.74, 6) is -0.0342. The number of methoxy groups -OCH3 is 1. The van der Waals surface area contributed by atoms with Crippen LogP contribution in [0.2, 0.25) is 0 Å². The van der Waals surface area contributed by atoms with E-state index in [-0.39, 0.29) is 12.4 Å². The van der Waals surface area contributed by atoms with Crippen LogP contribution in [0, 0.1) is 6.92 Å². The van der Waals surface area contributed by atoms with E-state index >= 15 is 0 Å². The monoisotopic (exact) mass is 203 g/mol. The first kappa shape index (κ1) is 10.8. The topological polar surface area (TPSA) is 42.4 Å². The van der Waals surface area contributed by atoms with Gasteiger partial charge in [-0.25, -0.2) is 13.8 Å². The fraction of sp³-hybridized carbons (Fsp3) is 0.444. The first-order valence-electron chi connectivity index (χ1n) is 4.03. The molecule has 1 heterocycles. The molecule has 0 amide bonds. The Kier molecular flexibility index (Phi) is 3.35. The summed E-state index contributed by atoms with van der Waals surface area (Å²) in [6, 6.07) is 1.52. The summed E-state index contributed by atoms with van der Waals surface area (Å²) < 4.78 is 29.8. The van der Waals surface area contributed by atoms with Crippen molar-refractivity contribution in [1.82, 2.24) is 4.98 Å². The molecule has 0 spiro atoms. The van der Waals surface area contributed by atoms with Crippen molar-refractivity contribution in [2.45, 2.75) is 20.0 Å². The van der Waals surface area contributed by atoms with Crippen LogP contribution in [0.15, 0.2) is 6.07 Å². The molecule has 3 nitrogen and oxygen atoms in total. The third-order valence-corrected chi connectivity index (χ3v) is 1.79. The van der Waals surface area contributed by atoms with E-state index in [1.807, 2.05) is 0 Å². The van der Waals surface area contributed by atoms with Crippen LogP contribution in [0.3, 0.4) is 0 Å². The number of aryl methyl sites for hydroxylation is 1. The average Bonchev–Trinajstić information content (AvgIpc) is 2.16. The van der Waals surface area contributed by atoms with Crippen LogP contribution in [0.1, 0.15) is 23.4 Å². The smallest absolute Gasteiger partial charge is 0.284 e. The van der Waals surface area contributed by atoms with Gasteiger partial charge in [0.15, 0.2) is 5.75 Å². The lowest BCUT2D eigenvalue weighted by atomic mass is 10.2. The van der Waals surface area contributed by atoms with E-state index < -0.39 is 12.1 Å². The maximum absolute atomic E-state index is 12.5. The minimum atomic E-state index is -2.70.